The van der Waals surface area contributed by atoms with E-state index in [1.54, 1.807) is 0 Å². The van der Waals surface area contributed by atoms with Gasteiger partial charge in [0, 0.05) is 12.4 Å². The van der Waals surface area contributed by atoms with E-state index in [-0.39, 0.29) is 17.2 Å². The SMILES string of the molecule is CCC(BC(C)C(=O)OCCN(C)C)c1ccc(C(C)(C)C)cc1. The summed E-state index contributed by atoms with van der Waals surface area (Å²) in [6, 6.07) is 8.88. The minimum Gasteiger partial charge on any atom is -0.465 e. The number of carbonyl (C=O) groups is 1. The molecule has 0 aliphatic heterocycles. The second-order valence-corrected chi connectivity index (χ2v) is 8.08. The van der Waals surface area contributed by atoms with Crippen LogP contribution in [0, 0.1) is 0 Å². The lowest BCUT2D eigenvalue weighted by Gasteiger charge is -2.22. The fraction of sp³-hybridized carbons (Fsp3) is 0.650. The molecule has 0 fully saturated rings. The Balaban J connectivity index is 2.64. The third kappa shape index (κ3) is 6.68. The predicted molar refractivity (Wildman–Crippen MR) is 104 cm³/mol. The molecule has 0 saturated heterocycles. The molecule has 0 heterocycles. The van der Waals surface area contributed by atoms with E-state index < -0.39 is 0 Å². The molecule has 0 aliphatic carbocycles. The summed E-state index contributed by atoms with van der Waals surface area (Å²) >= 11 is 0. The second-order valence-electron chi connectivity index (χ2n) is 8.08. The first-order valence-corrected chi connectivity index (χ1v) is 9.07. The summed E-state index contributed by atoms with van der Waals surface area (Å²) in [5.74, 6) is 0.247. The number of hydrogen-bond acceptors (Lipinski definition) is 3. The van der Waals surface area contributed by atoms with Gasteiger partial charge in [-0.2, -0.15) is 0 Å². The van der Waals surface area contributed by atoms with Gasteiger partial charge in [0.1, 0.15) is 13.9 Å². The van der Waals surface area contributed by atoms with Crippen LogP contribution in [0.2, 0.25) is 5.82 Å². The van der Waals surface area contributed by atoms with Crippen LogP contribution in [0.25, 0.3) is 0 Å². The lowest BCUT2D eigenvalue weighted by Crippen LogP contribution is -2.24. The number of carbonyl (C=O) groups excluding carboxylic acids is 1. The molecule has 2 unspecified atom stereocenters. The molecule has 2 atom stereocenters. The topological polar surface area (TPSA) is 29.5 Å². The Hall–Kier alpha value is -1.29. The zero-order valence-corrected chi connectivity index (χ0v) is 16.6. The molecular formula is C20H34BNO2. The largest absolute Gasteiger partial charge is 0.465 e. The Morgan fingerprint density at radius 2 is 1.79 bits per heavy atom. The van der Waals surface area contributed by atoms with Crippen molar-refractivity contribution in [3.05, 3.63) is 35.4 Å². The van der Waals surface area contributed by atoms with E-state index in [4.69, 9.17) is 4.74 Å². The summed E-state index contributed by atoms with van der Waals surface area (Å²) in [5.41, 5.74) is 2.83. The van der Waals surface area contributed by atoms with Gasteiger partial charge in [-0.25, -0.2) is 0 Å². The minimum absolute atomic E-state index is 0.0700. The number of nitrogens with zero attached hydrogens (tertiary/aromatic N) is 1. The summed E-state index contributed by atoms with van der Waals surface area (Å²) in [6.07, 6.45) is 1.03. The monoisotopic (exact) mass is 331 g/mol. The number of rotatable bonds is 8. The fourth-order valence-corrected chi connectivity index (χ4v) is 2.79. The molecule has 1 aromatic carbocycles. The van der Waals surface area contributed by atoms with Crippen LogP contribution in [0.1, 0.15) is 58.0 Å². The molecule has 24 heavy (non-hydrogen) atoms. The van der Waals surface area contributed by atoms with Gasteiger partial charge in [0.2, 0.25) is 0 Å². The molecule has 134 valence electrons. The molecule has 0 saturated carbocycles. The summed E-state index contributed by atoms with van der Waals surface area (Å²) < 4.78 is 5.38. The standard InChI is InChI=1S/C20H34BNO2/c1-8-18(16-9-11-17(12-10-16)20(3,4)5)21-15(2)19(23)24-14-13-22(6)7/h9-12,15,18,21H,8,13-14H2,1-7H3. The average Bonchev–Trinajstić information content (AvgIpc) is 2.51. The Kier molecular flexibility index (Phi) is 8.01. The maximum absolute atomic E-state index is 12.2. The van der Waals surface area contributed by atoms with Crippen molar-refractivity contribution < 1.29 is 9.53 Å². The Bertz CT molecular complexity index is 505. The van der Waals surface area contributed by atoms with Crippen LogP contribution in [-0.2, 0) is 14.9 Å². The first-order valence-electron chi connectivity index (χ1n) is 9.07. The summed E-state index contributed by atoms with van der Waals surface area (Å²) in [7, 11) is 4.80. The van der Waals surface area contributed by atoms with Crippen LogP contribution in [0.5, 0.6) is 0 Å². The molecule has 0 amide bonds. The molecule has 0 spiro atoms. The van der Waals surface area contributed by atoms with Gasteiger partial charge < -0.3 is 9.64 Å². The van der Waals surface area contributed by atoms with Crippen LogP contribution < -0.4 is 0 Å². The first kappa shape index (κ1) is 20.8. The van der Waals surface area contributed by atoms with Gasteiger partial charge >= 0.3 is 5.97 Å². The number of benzene rings is 1. The van der Waals surface area contributed by atoms with Gasteiger partial charge in [0.05, 0.1) is 0 Å². The third-order valence-electron chi connectivity index (χ3n) is 4.56. The third-order valence-corrected chi connectivity index (χ3v) is 4.56. The molecule has 3 nitrogen and oxygen atoms in total. The van der Waals surface area contributed by atoms with E-state index in [9.17, 15) is 4.79 Å². The van der Waals surface area contributed by atoms with Crippen molar-refractivity contribution in [2.45, 2.75) is 58.1 Å². The smallest absolute Gasteiger partial charge is 0.300 e. The summed E-state index contributed by atoms with van der Waals surface area (Å²) in [5, 5.41) is 0. The predicted octanol–water partition coefficient (Wildman–Crippen LogP) is 3.78. The Morgan fingerprint density at radius 3 is 2.25 bits per heavy atom. The molecule has 0 aliphatic rings. The van der Waals surface area contributed by atoms with Crippen LogP contribution in [-0.4, -0.2) is 45.4 Å². The lowest BCUT2D eigenvalue weighted by atomic mass is 9.52. The Labute approximate surface area is 149 Å². The van der Waals surface area contributed by atoms with Crippen molar-refractivity contribution in [1.82, 2.24) is 4.90 Å². The van der Waals surface area contributed by atoms with E-state index in [2.05, 4.69) is 52.0 Å². The van der Waals surface area contributed by atoms with Gasteiger partial charge in [-0.1, -0.05) is 70.9 Å². The molecule has 0 radical (unpaired) electrons. The molecule has 0 N–H and O–H groups in total. The van der Waals surface area contributed by atoms with Crippen molar-refractivity contribution in [3.8, 4) is 0 Å². The summed E-state index contributed by atoms with van der Waals surface area (Å²) in [4.78, 5) is 14.2. The van der Waals surface area contributed by atoms with E-state index >= 15 is 0 Å². The average molecular weight is 331 g/mol. The highest BCUT2D eigenvalue weighted by molar-refractivity contribution is 6.45. The molecule has 4 heteroatoms. The number of esters is 1. The normalized spacial score (nSPS) is 14.3. The van der Waals surface area contributed by atoms with Crippen LogP contribution in [0.15, 0.2) is 24.3 Å². The zero-order chi connectivity index (χ0) is 18.3. The van der Waals surface area contributed by atoms with Gasteiger partial charge in [-0.3, -0.25) is 4.79 Å². The molecule has 1 aromatic rings. The van der Waals surface area contributed by atoms with Crippen molar-refractivity contribution in [2.24, 2.45) is 0 Å². The van der Waals surface area contributed by atoms with Gasteiger partial charge in [0.25, 0.3) is 0 Å². The highest BCUT2D eigenvalue weighted by atomic mass is 16.5. The minimum atomic E-state index is -0.0818. The van der Waals surface area contributed by atoms with Crippen LogP contribution >= 0.6 is 0 Å². The number of ether oxygens (including phenoxy) is 1. The highest BCUT2D eigenvalue weighted by Crippen LogP contribution is 2.27. The van der Waals surface area contributed by atoms with Gasteiger partial charge in [0.15, 0.2) is 0 Å². The van der Waals surface area contributed by atoms with Crippen molar-refractivity contribution in [3.63, 3.8) is 0 Å². The number of likely N-dealkylation sites (N-methyl/N-ethyl adjacent to an activating group) is 1. The second kappa shape index (κ2) is 9.26. The van der Waals surface area contributed by atoms with E-state index in [0.717, 1.165) is 20.2 Å². The first-order chi connectivity index (χ1) is 11.1. The van der Waals surface area contributed by atoms with Gasteiger partial charge in [-0.15, -0.1) is 0 Å². The maximum atomic E-state index is 12.2. The molecular weight excluding hydrogens is 297 g/mol. The highest BCUT2D eigenvalue weighted by Gasteiger charge is 2.23. The quantitative estimate of drug-likeness (QED) is 0.536. The van der Waals surface area contributed by atoms with Crippen LogP contribution in [0.3, 0.4) is 0 Å². The lowest BCUT2D eigenvalue weighted by molar-refractivity contribution is -0.143. The van der Waals surface area contributed by atoms with E-state index in [1.165, 1.54) is 11.1 Å². The van der Waals surface area contributed by atoms with Crippen LogP contribution in [0.4, 0.5) is 0 Å². The zero-order valence-electron chi connectivity index (χ0n) is 16.6. The van der Waals surface area contributed by atoms with E-state index in [1.807, 2.05) is 25.9 Å². The maximum Gasteiger partial charge on any atom is 0.300 e. The molecule has 1 rings (SSSR count). The fourth-order valence-electron chi connectivity index (χ4n) is 2.79. The van der Waals surface area contributed by atoms with Crippen molar-refractivity contribution in [2.75, 3.05) is 27.2 Å². The molecule has 0 aromatic heterocycles. The summed E-state index contributed by atoms with van der Waals surface area (Å²) in [6.45, 7) is 12.1. The van der Waals surface area contributed by atoms with Gasteiger partial charge in [-0.05, 0) is 30.9 Å². The van der Waals surface area contributed by atoms with Crippen molar-refractivity contribution in [1.29, 1.82) is 0 Å². The number of hydrogen-bond donors (Lipinski definition) is 0. The molecule has 0 bridgehead atoms. The van der Waals surface area contributed by atoms with Crippen molar-refractivity contribution >= 4 is 13.2 Å². The Morgan fingerprint density at radius 1 is 1.21 bits per heavy atom. The van der Waals surface area contributed by atoms with E-state index in [0.29, 0.717) is 12.4 Å².